The van der Waals surface area contributed by atoms with E-state index in [1.807, 2.05) is 27.7 Å². The zero-order valence-corrected chi connectivity index (χ0v) is 12.1. The smallest absolute Gasteiger partial charge is 0.400 e. The van der Waals surface area contributed by atoms with E-state index in [-0.39, 0.29) is 17.7 Å². The zero-order valence-electron chi connectivity index (χ0n) is 12.1. The summed E-state index contributed by atoms with van der Waals surface area (Å²) in [4.78, 5) is 10.4. The molecule has 0 bridgehead atoms. The van der Waals surface area contributed by atoms with Crippen molar-refractivity contribution >= 4 is 18.9 Å². The number of aromatic nitrogens is 2. The molecule has 2 rings (SSSR count). The number of rotatable bonds is 3. The molecule has 0 spiro atoms. The molecule has 1 fully saturated rings. The first-order valence-electron chi connectivity index (χ1n) is 6.12. The van der Waals surface area contributed by atoms with Gasteiger partial charge in [0.25, 0.3) is 0 Å². The lowest BCUT2D eigenvalue weighted by atomic mass is 9.82. The van der Waals surface area contributed by atoms with Crippen LogP contribution in [0.15, 0.2) is 12.4 Å². The van der Waals surface area contributed by atoms with E-state index in [0.29, 0.717) is 0 Å². The Morgan fingerprint density at radius 3 is 2.32 bits per heavy atom. The van der Waals surface area contributed by atoms with Gasteiger partial charge in [0.2, 0.25) is 0 Å². The molecule has 0 aromatic carbocycles. The third kappa shape index (κ3) is 3.23. The van der Waals surface area contributed by atoms with Crippen molar-refractivity contribution in [3.05, 3.63) is 12.4 Å². The molecule has 1 aromatic rings. The number of hydrogen-bond donors (Lipinski definition) is 1. The van der Waals surface area contributed by atoms with E-state index in [4.69, 9.17) is 14.4 Å². The van der Waals surface area contributed by atoms with Crippen LogP contribution in [0, 0.1) is 0 Å². The van der Waals surface area contributed by atoms with Crippen molar-refractivity contribution in [1.82, 2.24) is 9.78 Å². The minimum atomic E-state index is -0.416. The Balaban J connectivity index is 0.000000861. The summed E-state index contributed by atoms with van der Waals surface area (Å²) in [5.74, 6) is 0. The molecule has 0 saturated carbocycles. The van der Waals surface area contributed by atoms with Gasteiger partial charge in [0.1, 0.15) is 6.29 Å². The maximum Gasteiger partial charge on any atom is 0.498 e. The van der Waals surface area contributed by atoms with E-state index in [2.05, 4.69) is 5.10 Å². The molecule has 1 N–H and O–H groups in total. The predicted octanol–water partition coefficient (Wildman–Crippen LogP) is -0.0103. The summed E-state index contributed by atoms with van der Waals surface area (Å²) in [6, 6.07) is 0. The average Bonchev–Trinajstić information content (AvgIpc) is 2.86. The van der Waals surface area contributed by atoms with Gasteiger partial charge < -0.3 is 19.2 Å². The molecule has 0 amide bonds. The van der Waals surface area contributed by atoms with Crippen LogP contribution in [0.5, 0.6) is 0 Å². The predicted molar refractivity (Wildman–Crippen MR) is 72.1 cm³/mol. The third-order valence-electron chi connectivity index (χ3n) is 3.44. The Morgan fingerprint density at radius 2 is 1.84 bits per heavy atom. The van der Waals surface area contributed by atoms with Gasteiger partial charge in [-0.15, -0.1) is 0 Å². The normalized spacial score (nSPS) is 19.8. The fourth-order valence-corrected chi connectivity index (χ4v) is 1.66. The lowest BCUT2D eigenvalue weighted by molar-refractivity contribution is -0.108. The number of aliphatic hydroxyl groups is 1. The first kappa shape index (κ1) is 15.9. The highest BCUT2D eigenvalue weighted by atomic mass is 16.7. The molecule has 2 heterocycles. The number of hydrogen-bond acceptors (Lipinski definition) is 5. The Morgan fingerprint density at radius 1 is 1.32 bits per heavy atom. The van der Waals surface area contributed by atoms with Crippen molar-refractivity contribution in [2.45, 2.75) is 45.4 Å². The summed E-state index contributed by atoms with van der Waals surface area (Å²) in [7, 11) is 0.584. The van der Waals surface area contributed by atoms with Crippen LogP contribution in [-0.4, -0.2) is 46.6 Å². The van der Waals surface area contributed by atoms with Crippen LogP contribution >= 0.6 is 0 Å². The van der Waals surface area contributed by atoms with Gasteiger partial charge in [0.15, 0.2) is 0 Å². The quantitative estimate of drug-likeness (QED) is 0.616. The summed E-state index contributed by atoms with van der Waals surface area (Å²) in [6.07, 6.45) is 4.25. The lowest BCUT2D eigenvalue weighted by Crippen LogP contribution is -2.41. The molecule has 106 valence electrons. The SMILES string of the molecule is CC1(C)OB(c2cnn(CC=O)c2)OC1(C)C.CO. The van der Waals surface area contributed by atoms with E-state index >= 15 is 0 Å². The van der Waals surface area contributed by atoms with Gasteiger partial charge in [-0.05, 0) is 27.7 Å². The third-order valence-corrected chi connectivity index (χ3v) is 3.44. The van der Waals surface area contributed by atoms with Crippen LogP contribution in [-0.2, 0) is 20.6 Å². The number of aliphatic hydroxyl groups excluding tert-OH is 1. The van der Waals surface area contributed by atoms with Crippen LogP contribution in [0.2, 0.25) is 0 Å². The molecule has 0 radical (unpaired) electrons. The summed E-state index contributed by atoms with van der Waals surface area (Å²) in [5, 5.41) is 11.1. The van der Waals surface area contributed by atoms with Gasteiger partial charge in [0, 0.05) is 25.0 Å². The van der Waals surface area contributed by atoms with Crippen molar-refractivity contribution in [3.8, 4) is 0 Å². The molecule has 7 heteroatoms. The van der Waals surface area contributed by atoms with Gasteiger partial charge in [-0.3, -0.25) is 4.68 Å². The fourth-order valence-electron chi connectivity index (χ4n) is 1.66. The molecule has 1 aromatic heterocycles. The molecule has 1 aliphatic rings. The second-order valence-corrected chi connectivity index (χ2v) is 5.25. The summed E-state index contributed by atoms with van der Waals surface area (Å²) < 4.78 is 13.3. The summed E-state index contributed by atoms with van der Waals surface area (Å²) in [6.45, 7) is 8.26. The largest absolute Gasteiger partial charge is 0.498 e. The van der Waals surface area contributed by atoms with Crippen LogP contribution in [0.25, 0.3) is 0 Å². The Kier molecular flexibility index (Phi) is 4.89. The molecule has 0 aliphatic carbocycles. The first-order chi connectivity index (χ1) is 8.86. The van der Waals surface area contributed by atoms with E-state index < -0.39 is 7.12 Å². The topological polar surface area (TPSA) is 73.6 Å². The zero-order chi connectivity index (χ0) is 14.7. The molecule has 0 unspecified atom stereocenters. The summed E-state index contributed by atoms with van der Waals surface area (Å²) in [5.41, 5.74) is 0.125. The molecule has 1 aliphatic heterocycles. The highest BCUT2D eigenvalue weighted by Crippen LogP contribution is 2.36. The average molecular weight is 268 g/mol. The molecule has 6 nitrogen and oxygen atoms in total. The van der Waals surface area contributed by atoms with Gasteiger partial charge in [-0.25, -0.2) is 0 Å². The van der Waals surface area contributed by atoms with Crippen molar-refractivity contribution in [3.63, 3.8) is 0 Å². The molecule has 1 saturated heterocycles. The Hall–Kier alpha value is -1.18. The summed E-state index contributed by atoms with van der Waals surface area (Å²) >= 11 is 0. The van der Waals surface area contributed by atoms with Crippen LogP contribution < -0.4 is 5.46 Å². The maximum atomic E-state index is 10.4. The lowest BCUT2D eigenvalue weighted by Gasteiger charge is -2.32. The van der Waals surface area contributed by atoms with Gasteiger partial charge in [-0.2, -0.15) is 5.10 Å². The van der Waals surface area contributed by atoms with Gasteiger partial charge >= 0.3 is 7.12 Å². The highest BCUT2D eigenvalue weighted by molar-refractivity contribution is 6.61. The number of aldehydes is 1. The van der Waals surface area contributed by atoms with E-state index in [0.717, 1.165) is 18.9 Å². The molecule has 19 heavy (non-hydrogen) atoms. The van der Waals surface area contributed by atoms with Gasteiger partial charge in [0.05, 0.1) is 17.7 Å². The molecular weight excluding hydrogens is 247 g/mol. The maximum absolute atomic E-state index is 10.4. The van der Waals surface area contributed by atoms with Gasteiger partial charge in [-0.1, -0.05) is 0 Å². The fraction of sp³-hybridized carbons (Fsp3) is 0.667. The Bertz CT molecular complexity index is 415. The standard InChI is InChI=1S/C11H17BN2O3.CH4O/c1-10(2)11(3,4)17-12(16-10)9-7-13-14(8-9)5-6-15;1-2/h6-8H,5H2,1-4H3;2H,1H3. The van der Waals surface area contributed by atoms with Crippen molar-refractivity contribution in [2.24, 2.45) is 0 Å². The Labute approximate surface area is 113 Å². The van der Waals surface area contributed by atoms with Crippen molar-refractivity contribution < 1.29 is 19.2 Å². The van der Waals surface area contributed by atoms with Crippen LogP contribution in [0.4, 0.5) is 0 Å². The molecular formula is C12H21BN2O4. The van der Waals surface area contributed by atoms with E-state index in [9.17, 15) is 4.79 Å². The first-order valence-corrected chi connectivity index (χ1v) is 6.12. The van der Waals surface area contributed by atoms with Crippen LogP contribution in [0.1, 0.15) is 27.7 Å². The number of carbonyl (C=O) groups is 1. The number of nitrogens with zero attached hydrogens (tertiary/aromatic N) is 2. The minimum Gasteiger partial charge on any atom is -0.400 e. The number of carbonyl (C=O) groups excluding carboxylic acids is 1. The molecule has 0 atom stereocenters. The van der Waals surface area contributed by atoms with Crippen LogP contribution in [0.3, 0.4) is 0 Å². The minimum absolute atomic E-state index is 0.250. The second-order valence-electron chi connectivity index (χ2n) is 5.25. The van der Waals surface area contributed by atoms with E-state index in [1.165, 1.54) is 0 Å². The van der Waals surface area contributed by atoms with E-state index in [1.54, 1.807) is 17.1 Å². The highest BCUT2D eigenvalue weighted by Gasteiger charge is 2.52. The second kappa shape index (κ2) is 5.86. The monoisotopic (exact) mass is 268 g/mol. The van der Waals surface area contributed by atoms with Crippen molar-refractivity contribution in [1.29, 1.82) is 0 Å². The van der Waals surface area contributed by atoms with Crippen molar-refractivity contribution in [2.75, 3.05) is 7.11 Å².